The molecular weight excluding hydrogens is 482 g/mol. The molecule has 0 aliphatic heterocycles. The average molecular weight is 512 g/mol. The number of hydrogen-bond acceptors (Lipinski definition) is 7. The number of amides is 1. The Balaban J connectivity index is 1.84. The third-order valence-electron chi connectivity index (χ3n) is 5.18. The lowest BCUT2D eigenvalue weighted by molar-refractivity contribution is -0.121. The fourth-order valence-corrected chi connectivity index (χ4v) is 5.05. The number of ether oxygens (including phenoxy) is 2. The van der Waals surface area contributed by atoms with Crippen molar-refractivity contribution in [1.82, 2.24) is 9.73 Å². The van der Waals surface area contributed by atoms with Crippen LogP contribution in [-0.4, -0.2) is 50.2 Å². The Kier molecular flexibility index (Phi) is 9.04. The summed E-state index contributed by atoms with van der Waals surface area (Å²) >= 11 is 0. The average Bonchev–Trinajstić information content (AvgIpc) is 2.86. The quantitative estimate of drug-likeness (QED) is 0.301. The van der Waals surface area contributed by atoms with Gasteiger partial charge in [0.25, 0.3) is 5.91 Å². The zero-order valence-electron chi connectivity index (χ0n) is 20.3. The van der Waals surface area contributed by atoms with E-state index in [0.717, 1.165) is 9.87 Å². The van der Waals surface area contributed by atoms with Gasteiger partial charge in [-0.2, -0.15) is 9.41 Å². The number of methoxy groups -OCH3 is 1. The van der Waals surface area contributed by atoms with E-state index >= 15 is 0 Å². The summed E-state index contributed by atoms with van der Waals surface area (Å²) in [6, 6.07) is 18.7. The van der Waals surface area contributed by atoms with Gasteiger partial charge in [0.1, 0.15) is 10.6 Å². The van der Waals surface area contributed by atoms with Gasteiger partial charge in [0.05, 0.1) is 26.5 Å². The van der Waals surface area contributed by atoms with Gasteiger partial charge in [-0.05, 0) is 49.2 Å². The lowest BCUT2D eigenvalue weighted by Crippen LogP contribution is -2.39. The molecule has 0 spiro atoms. The summed E-state index contributed by atoms with van der Waals surface area (Å²) in [6.07, 6.45) is 1.26. The number of hydrazone groups is 1. The SMILES string of the molecule is CCOc1cccc(/C=N/NC(=O)CN(Cc2ccccc2)S(=O)(=O)c2cc(C)ccc2OC)c1O. The Bertz CT molecular complexity index is 1330. The molecule has 0 unspecified atom stereocenters. The van der Waals surface area contributed by atoms with Gasteiger partial charge in [0, 0.05) is 12.1 Å². The first-order valence-corrected chi connectivity index (χ1v) is 12.7. The van der Waals surface area contributed by atoms with Gasteiger partial charge >= 0.3 is 0 Å². The number of para-hydroxylation sites is 1. The number of nitrogens with one attached hydrogen (secondary N) is 1. The van der Waals surface area contributed by atoms with Crippen molar-refractivity contribution in [2.24, 2.45) is 5.10 Å². The minimum absolute atomic E-state index is 0.0325. The highest BCUT2D eigenvalue weighted by Crippen LogP contribution is 2.29. The summed E-state index contributed by atoms with van der Waals surface area (Å²) in [4.78, 5) is 12.7. The third-order valence-corrected chi connectivity index (χ3v) is 6.99. The van der Waals surface area contributed by atoms with E-state index in [1.54, 1.807) is 68.4 Å². The summed E-state index contributed by atoms with van der Waals surface area (Å²) in [5.41, 5.74) is 4.11. The second-order valence-corrected chi connectivity index (χ2v) is 9.74. The van der Waals surface area contributed by atoms with Crippen molar-refractivity contribution in [2.75, 3.05) is 20.3 Å². The molecule has 3 aromatic carbocycles. The second kappa shape index (κ2) is 12.2. The smallest absolute Gasteiger partial charge is 0.255 e. The number of aromatic hydroxyl groups is 1. The van der Waals surface area contributed by atoms with Gasteiger partial charge in [-0.3, -0.25) is 4.79 Å². The molecule has 190 valence electrons. The number of sulfonamides is 1. The van der Waals surface area contributed by atoms with Crippen molar-refractivity contribution in [3.63, 3.8) is 0 Å². The first kappa shape index (κ1) is 26.7. The minimum atomic E-state index is -4.12. The lowest BCUT2D eigenvalue weighted by Gasteiger charge is -2.23. The van der Waals surface area contributed by atoms with Gasteiger partial charge in [0.2, 0.25) is 10.0 Å². The second-order valence-electron chi connectivity index (χ2n) is 7.83. The van der Waals surface area contributed by atoms with E-state index < -0.39 is 22.5 Å². The number of benzene rings is 3. The van der Waals surface area contributed by atoms with Crippen LogP contribution in [0.25, 0.3) is 0 Å². The van der Waals surface area contributed by atoms with Crippen molar-refractivity contribution in [3.8, 4) is 17.2 Å². The molecule has 1 amide bonds. The lowest BCUT2D eigenvalue weighted by atomic mass is 10.2. The number of rotatable bonds is 11. The summed E-state index contributed by atoms with van der Waals surface area (Å²) in [5, 5.41) is 14.2. The van der Waals surface area contributed by atoms with Crippen molar-refractivity contribution >= 4 is 22.1 Å². The van der Waals surface area contributed by atoms with E-state index in [1.807, 2.05) is 6.07 Å². The molecule has 9 nitrogen and oxygen atoms in total. The number of hydrogen-bond donors (Lipinski definition) is 2. The Labute approximate surface area is 211 Å². The molecule has 0 heterocycles. The highest BCUT2D eigenvalue weighted by Gasteiger charge is 2.30. The van der Waals surface area contributed by atoms with Gasteiger partial charge < -0.3 is 14.6 Å². The maximum absolute atomic E-state index is 13.6. The van der Waals surface area contributed by atoms with Crippen LogP contribution in [0.15, 0.2) is 76.7 Å². The van der Waals surface area contributed by atoms with Crippen LogP contribution < -0.4 is 14.9 Å². The molecule has 0 aliphatic carbocycles. The van der Waals surface area contributed by atoms with Crippen LogP contribution in [0.2, 0.25) is 0 Å². The number of phenols is 1. The Morgan fingerprint density at radius 1 is 1.08 bits per heavy atom. The summed E-state index contributed by atoms with van der Waals surface area (Å²) in [7, 11) is -2.72. The summed E-state index contributed by atoms with van der Waals surface area (Å²) in [5.74, 6) is -0.295. The molecule has 0 saturated carbocycles. The molecule has 0 aromatic heterocycles. The minimum Gasteiger partial charge on any atom is -0.504 e. The van der Waals surface area contributed by atoms with Gasteiger partial charge in [0.15, 0.2) is 11.5 Å². The molecule has 0 bridgehead atoms. The molecule has 36 heavy (non-hydrogen) atoms. The van der Waals surface area contributed by atoms with E-state index in [9.17, 15) is 18.3 Å². The monoisotopic (exact) mass is 511 g/mol. The topological polar surface area (TPSA) is 118 Å². The van der Waals surface area contributed by atoms with Crippen LogP contribution in [0.5, 0.6) is 17.2 Å². The molecule has 10 heteroatoms. The molecule has 0 radical (unpaired) electrons. The number of carbonyl (C=O) groups is 1. The molecule has 0 aliphatic rings. The summed E-state index contributed by atoms with van der Waals surface area (Å²) < 4.78 is 38.9. The van der Waals surface area contributed by atoms with E-state index in [4.69, 9.17) is 9.47 Å². The van der Waals surface area contributed by atoms with Crippen LogP contribution >= 0.6 is 0 Å². The van der Waals surface area contributed by atoms with Crippen molar-refractivity contribution in [3.05, 3.63) is 83.4 Å². The first-order valence-electron chi connectivity index (χ1n) is 11.2. The molecule has 3 rings (SSSR count). The zero-order valence-corrected chi connectivity index (χ0v) is 21.2. The van der Waals surface area contributed by atoms with E-state index in [1.165, 1.54) is 19.4 Å². The van der Waals surface area contributed by atoms with Gasteiger partial charge in [-0.1, -0.05) is 42.5 Å². The summed E-state index contributed by atoms with van der Waals surface area (Å²) in [6.45, 7) is 3.42. The maximum Gasteiger partial charge on any atom is 0.255 e. The molecule has 3 aromatic rings. The van der Waals surface area contributed by atoms with Gasteiger partial charge in [-0.25, -0.2) is 13.8 Å². The Morgan fingerprint density at radius 2 is 1.83 bits per heavy atom. The number of nitrogens with zero attached hydrogens (tertiary/aromatic N) is 2. The number of aryl methyl sites for hydroxylation is 1. The molecule has 0 fully saturated rings. The van der Waals surface area contributed by atoms with E-state index in [-0.39, 0.29) is 22.9 Å². The predicted molar refractivity (Wildman–Crippen MR) is 137 cm³/mol. The normalized spacial score (nSPS) is 11.6. The van der Waals surface area contributed by atoms with Crippen LogP contribution in [-0.2, 0) is 21.4 Å². The molecule has 2 N–H and O–H groups in total. The van der Waals surface area contributed by atoms with Crippen molar-refractivity contribution in [1.29, 1.82) is 0 Å². The Morgan fingerprint density at radius 3 is 2.53 bits per heavy atom. The number of carbonyl (C=O) groups excluding carboxylic acids is 1. The van der Waals surface area contributed by atoms with E-state index in [2.05, 4.69) is 10.5 Å². The molecule has 0 atom stereocenters. The largest absolute Gasteiger partial charge is 0.504 e. The van der Waals surface area contributed by atoms with Crippen LogP contribution in [0.1, 0.15) is 23.6 Å². The highest BCUT2D eigenvalue weighted by molar-refractivity contribution is 7.89. The highest BCUT2D eigenvalue weighted by atomic mass is 32.2. The van der Waals surface area contributed by atoms with Gasteiger partial charge in [-0.15, -0.1) is 0 Å². The fourth-order valence-electron chi connectivity index (χ4n) is 3.42. The predicted octanol–water partition coefficient (Wildman–Crippen LogP) is 3.45. The zero-order chi connectivity index (χ0) is 26.1. The maximum atomic E-state index is 13.6. The fraction of sp³-hybridized carbons (Fsp3) is 0.231. The molecular formula is C26H29N3O6S. The Hall–Kier alpha value is -3.89. The van der Waals surface area contributed by atoms with Crippen LogP contribution in [0, 0.1) is 6.92 Å². The first-order chi connectivity index (χ1) is 17.3. The van der Waals surface area contributed by atoms with E-state index in [0.29, 0.717) is 23.5 Å². The van der Waals surface area contributed by atoms with Crippen LogP contribution in [0.4, 0.5) is 0 Å². The van der Waals surface area contributed by atoms with Crippen molar-refractivity contribution < 1.29 is 27.8 Å². The molecule has 0 saturated heterocycles. The number of phenolic OH excluding ortho intramolecular Hbond substituents is 1. The third kappa shape index (κ3) is 6.61. The standard InChI is InChI=1S/C26H29N3O6S/c1-4-35-23-12-8-11-21(26(23)31)16-27-28-25(30)18-29(17-20-9-6-5-7-10-20)36(32,33)24-15-19(2)13-14-22(24)34-3/h5-16,31H,4,17-18H2,1-3H3,(H,28,30)/b27-16+. The van der Waals surface area contributed by atoms with Crippen molar-refractivity contribution in [2.45, 2.75) is 25.3 Å². The van der Waals surface area contributed by atoms with Crippen LogP contribution in [0.3, 0.4) is 0 Å².